The van der Waals surface area contributed by atoms with Gasteiger partial charge in [-0.3, -0.25) is 4.79 Å². The Morgan fingerprint density at radius 1 is 1.50 bits per heavy atom. The minimum atomic E-state index is -1.09. The first-order valence-electron chi connectivity index (χ1n) is 4.51. The number of aromatic nitrogens is 1. The van der Waals surface area contributed by atoms with E-state index < -0.39 is 11.9 Å². The SMILES string of the molecule is NC(=O)CCNc1ncc(C(=O)O)cc1N. The van der Waals surface area contributed by atoms with E-state index in [-0.39, 0.29) is 17.7 Å². The highest BCUT2D eigenvalue weighted by Gasteiger charge is 2.07. The van der Waals surface area contributed by atoms with Crippen molar-refractivity contribution >= 4 is 23.4 Å². The standard InChI is InChI=1S/C9H12N4O3/c10-6-3-5(9(15)16)4-13-8(6)12-2-1-7(11)14/h3-4H,1-2,10H2,(H2,11,14)(H,12,13)(H,15,16). The number of carboxylic acid groups (broad SMARTS) is 1. The Morgan fingerprint density at radius 3 is 2.69 bits per heavy atom. The Labute approximate surface area is 91.5 Å². The molecule has 0 unspecified atom stereocenters. The number of anilines is 2. The van der Waals surface area contributed by atoms with Gasteiger partial charge in [-0.15, -0.1) is 0 Å². The van der Waals surface area contributed by atoms with Crippen LogP contribution in [0.3, 0.4) is 0 Å². The van der Waals surface area contributed by atoms with E-state index >= 15 is 0 Å². The Kier molecular flexibility index (Phi) is 3.65. The molecule has 7 nitrogen and oxygen atoms in total. The Morgan fingerprint density at radius 2 is 2.19 bits per heavy atom. The Balaban J connectivity index is 2.68. The summed E-state index contributed by atoms with van der Waals surface area (Å²) < 4.78 is 0. The number of carboxylic acids is 1. The van der Waals surface area contributed by atoms with E-state index in [4.69, 9.17) is 16.6 Å². The fourth-order valence-corrected chi connectivity index (χ4v) is 1.05. The number of primary amides is 1. The molecular weight excluding hydrogens is 212 g/mol. The first-order chi connectivity index (χ1) is 7.50. The van der Waals surface area contributed by atoms with Gasteiger partial charge in [0.2, 0.25) is 5.91 Å². The van der Waals surface area contributed by atoms with Crippen molar-refractivity contribution in [1.29, 1.82) is 0 Å². The molecule has 0 aliphatic rings. The lowest BCUT2D eigenvalue weighted by Gasteiger charge is -2.07. The fourth-order valence-electron chi connectivity index (χ4n) is 1.05. The number of rotatable bonds is 5. The minimum Gasteiger partial charge on any atom is -0.478 e. The van der Waals surface area contributed by atoms with Gasteiger partial charge >= 0.3 is 5.97 Å². The maximum atomic E-state index is 10.6. The summed E-state index contributed by atoms with van der Waals surface area (Å²) in [4.78, 5) is 24.9. The highest BCUT2D eigenvalue weighted by atomic mass is 16.4. The van der Waals surface area contributed by atoms with Crippen LogP contribution in [0.5, 0.6) is 0 Å². The molecule has 7 heteroatoms. The molecule has 0 saturated carbocycles. The van der Waals surface area contributed by atoms with Crippen molar-refractivity contribution in [1.82, 2.24) is 4.98 Å². The Hall–Kier alpha value is -2.31. The van der Waals surface area contributed by atoms with E-state index in [0.717, 1.165) is 0 Å². The molecule has 0 aliphatic carbocycles. The summed E-state index contributed by atoms with van der Waals surface area (Å²) in [7, 11) is 0. The number of nitrogen functional groups attached to an aromatic ring is 1. The van der Waals surface area contributed by atoms with Crippen LogP contribution in [-0.4, -0.2) is 28.5 Å². The number of aromatic carboxylic acids is 1. The highest BCUT2D eigenvalue weighted by molar-refractivity contribution is 5.89. The summed E-state index contributed by atoms with van der Waals surface area (Å²) >= 11 is 0. The molecule has 1 aromatic heterocycles. The minimum absolute atomic E-state index is 0.0120. The van der Waals surface area contributed by atoms with Crippen LogP contribution in [0.1, 0.15) is 16.8 Å². The molecule has 16 heavy (non-hydrogen) atoms. The zero-order chi connectivity index (χ0) is 12.1. The zero-order valence-electron chi connectivity index (χ0n) is 8.43. The smallest absolute Gasteiger partial charge is 0.337 e. The van der Waals surface area contributed by atoms with Gasteiger partial charge in [-0.2, -0.15) is 0 Å². The zero-order valence-corrected chi connectivity index (χ0v) is 8.43. The van der Waals surface area contributed by atoms with Crippen molar-refractivity contribution in [3.63, 3.8) is 0 Å². The lowest BCUT2D eigenvalue weighted by atomic mass is 10.2. The summed E-state index contributed by atoms with van der Waals surface area (Å²) in [6.07, 6.45) is 1.34. The molecule has 86 valence electrons. The van der Waals surface area contributed by atoms with Gasteiger partial charge in [0.05, 0.1) is 11.3 Å². The largest absolute Gasteiger partial charge is 0.478 e. The van der Waals surface area contributed by atoms with E-state index in [0.29, 0.717) is 12.4 Å². The van der Waals surface area contributed by atoms with Crippen LogP contribution < -0.4 is 16.8 Å². The molecule has 6 N–H and O–H groups in total. The van der Waals surface area contributed by atoms with E-state index in [1.807, 2.05) is 0 Å². The molecule has 1 heterocycles. The van der Waals surface area contributed by atoms with Crippen molar-refractivity contribution < 1.29 is 14.7 Å². The van der Waals surface area contributed by atoms with E-state index in [9.17, 15) is 9.59 Å². The second-order valence-corrected chi connectivity index (χ2v) is 3.11. The van der Waals surface area contributed by atoms with Crippen LogP contribution in [0.4, 0.5) is 11.5 Å². The molecule has 0 spiro atoms. The summed E-state index contributed by atoms with van der Waals surface area (Å²) in [6, 6.07) is 1.29. The fraction of sp³-hybridized carbons (Fsp3) is 0.222. The topological polar surface area (TPSA) is 131 Å². The molecule has 0 aliphatic heterocycles. The second-order valence-electron chi connectivity index (χ2n) is 3.11. The number of hydrogen-bond acceptors (Lipinski definition) is 5. The van der Waals surface area contributed by atoms with Crippen molar-refractivity contribution in [3.05, 3.63) is 17.8 Å². The van der Waals surface area contributed by atoms with Crippen molar-refractivity contribution in [2.75, 3.05) is 17.6 Å². The molecule has 1 aromatic rings. The third-order valence-electron chi connectivity index (χ3n) is 1.83. The average molecular weight is 224 g/mol. The van der Waals surface area contributed by atoms with Crippen LogP contribution in [0.2, 0.25) is 0 Å². The van der Waals surface area contributed by atoms with Crippen LogP contribution in [0, 0.1) is 0 Å². The van der Waals surface area contributed by atoms with Gasteiger partial charge in [0, 0.05) is 19.2 Å². The first-order valence-corrected chi connectivity index (χ1v) is 4.51. The van der Waals surface area contributed by atoms with Gasteiger partial charge < -0.3 is 21.9 Å². The number of carbonyl (C=O) groups excluding carboxylic acids is 1. The summed E-state index contributed by atoms with van der Waals surface area (Å²) in [5, 5.41) is 11.5. The van der Waals surface area contributed by atoms with Crippen molar-refractivity contribution in [3.8, 4) is 0 Å². The molecule has 0 bridgehead atoms. The van der Waals surface area contributed by atoms with Gasteiger partial charge in [-0.25, -0.2) is 9.78 Å². The predicted octanol–water partition coefficient (Wildman–Crippen LogP) is -0.351. The summed E-state index contributed by atoms with van der Waals surface area (Å²) in [6.45, 7) is 0.305. The molecule has 0 atom stereocenters. The molecule has 0 fully saturated rings. The average Bonchev–Trinajstić information content (AvgIpc) is 2.19. The number of nitrogens with two attached hydrogens (primary N) is 2. The molecule has 1 amide bonds. The van der Waals surface area contributed by atoms with Crippen LogP contribution >= 0.6 is 0 Å². The van der Waals surface area contributed by atoms with Gasteiger partial charge in [-0.05, 0) is 6.07 Å². The summed E-state index contributed by atoms with van der Waals surface area (Å²) in [5.41, 5.74) is 10.7. The maximum absolute atomic E-state index is 10.6. The number of pyridine rings is 1. The van der Waals surface area contributed by atoms with Gasteiger partial charge in [0.15, 0.2) is 0 Å². The number of nitrogens with zero attached hydrogens (tertiary/aromatic N) is 1. The summed E-state index contributed by atoms with van der Waals surface area (Å²) in [5.74, 6) is -1.19. The quantitative estimate of drug-likeness (QED) is 0.540. The van der Waals surface area contributed by atoms with E-state index in [1.54, 1.807) is 0 Å². The molecule has 0 saturated heterocycles. The van der Waals surface area contributed by atoms with Crippen LogP contribution in [0.25, 0.3) is 0 Å². The lowest BCUT2D eigenvalue weighted by molar-refractivity contribution is -0.117. The molecule has 0 radical (unpaired) electrons. The molecule has 1 rings (SSSR count). The predicted molar refractivity (Wildman–Crippen MR) is 57.9 cm³/mol. The third-order valence-corrected chi connectivity index (χ3v) is 1.83. The van der Waals surface area contributed by atoms with Crippen molar-refractivity contribution in [2.24, 2.45) is 5.73 Å². The number of carbonyl (C=O) groups is 2. The number of hydrogen-bond donors (Lipinski definition) is 4. The molecular formula is C9H12N4O3. The maximum Gasteiger partial charge on any atom is 0.337 e. The number of nitrogens with one attached hydrogen (secondary N) is 1. The van der Waals surface area contributed by atoms with Gasteiger partial charge in [0.1, 0.15) is 5.82 Å². The van der Waals surface area contributed by atoms with E-state index in [1.165, 1.54) is 12.3 Å². The van der Waals surface area contributed by atoms with Gasteiger partial charge in [0.25, 0.3) is 0 Å². The number of amides is 1. The van der Waals surface area contributed by atoms with Crippen LogP contribution in [-0.2, 0) is 4.79 Å². The van der Waals surface area contributed by atoms with Crippen LogP contribution in [0.15, 0.2) is 12.3 Å². The Bertz CT molecular complexity index is 419. The van der Waals surface area contributed by atoms with E-state index in [2.05, 4.69) is 10.3 Å². The highest BCUT2D eigenvalue weighted by Crippen LogP contribution is 2.16. The third kappa shape index (κ3) is 3.12. The monoisotopic (exact) mass is 224 g/mol. The van der Waals surface area contributed by atoms with Crippen molar-refractivity contribution in [2.45, 2.75) is 6.42 Å². The lowest BCUT2D eigenvalue weighted by Crippen LogP contribution is -2.17. The van der Waals surface area contributed by atoms with Gasteiger partial charge in [-0.1, -0.05) is 0 Å². The molecule has 0 aromatic carbocycles. The first kappa shape index (κ1) is 11.8. The normalized spacial score (nSPS) is 9.75. The second kappa shape index (κ2) is 4.96.